The van der Waals surface area contributed by atoms with E-state index in [1.807, 2.05) is 18.3 Å². The molecule has 0 N–H and O–H groups in total. The van der Waals surface area contributed by atoms with Gasteiger partial charge in [0.15, 0.2) is 0 Å². The van der Waals surface area contributed by atoms with Crippen LogP contribution in [0.15, 0.2) is 108 Å². The number of hydrogen-bond donors (Lipinski definition) is 0. The van der Waals surface area contributed by atoms with Gasteiger partial charge in [-0.15, -0.1) is 0 Å². The Kier molecular flexibility index (Phi) is 5.53. The Labute approximate surface area is 172 Å². The van der Waals surface area contributed by atoms with Gasteiger partial charge in [0, 0.05) is 23.3 Å². The second-order valence-corrected chi connectivity index (χ2v) is 7.15. The summed E-state index contributed by atoms with van der Waals surface area (Å²) in [5.41, 5.74) is 7.89. The van der Waals surface area contributed by atoms with Gasteiger partial charge in [-0.25, -0.2) is 0 Å². The molecule has 4 aromatic rings. The van der Waals surface area contributed by atoms with Gasteiger partial charge in [-0.3, -0.25) is 4.99 Å². The smallest absolute Gasteiger partial charge is 0.0661 e. The molecule has 0 aliphatic carbocycles. The van der Waals surface area contributed by atoms with Gasteiger partial charge in [0.1, 0.15) is 0 Å². The SMILES string of the molecule is Cc1ccc(C)c(N=Cc2ccc(N(c3ccccc3)c3ccccc3)cc2)c1. The van der Waals surface area contributed by atoms with Crippen molar-refractivity contribution in [1.29, 1.82) is 0 Å². The van der Waals surface area contributed by atoms with Crippen molar-refractivity contribution in [3.05, 3.63) is 120 Å². The number of anilines is 3. The lowest BCUT2D eigenvalue weighted by Crippen LogP contribution is -2.09. The molecule has 4 aromatic carbocycles. The van der Waals surface area contributed by atoms with E-state index in [0.29, 0.717) is 0 Å². The first-order valence-corrected chi connectivity index (χ1v) is 9.82. The Bertz CT molecular complexity index is 1060. The maximum atomic E-state index is 4.69. The van der Waals surface area contributed by atoms with Crippen LogP contribution >= 0.6 is 0 Å². The van der Waals surface area contributed by atoms with E-state index in [4.69, 9.17) is 0 Å². The first-order chi connectivity index (χ1) is 14.2. The molecule has 142 valence electrons. The van der Waals surface area contributed by atoms with Crippen molar-refractivity contribution in [3.63, 3.8) is 0 Å². The summed E-state index contributed by atoms with van der Waals surface area (Å²) in [6.07, 6.45) is 1.93. The molecule has 4 rings (SSSR count). The van der Waals surface area contributed by atoms with Gasteiger partial charge in [0.05, 0.1) is 5.69 Å². The maximum absolute atomic E-state index is 4.69. The second-order valence-electron chi connectivity index (χ2n) is 7.15. The van der Waals surface area contributed by atoms with E-state index >= 15 is 0 Å². The molecule has 0 aliphatic heterocycles. The topological polar surface area (TPSA) is 15.6 Å². The molecular weight excluding hydrogens is 352 g/mol. The molecule has 0 saturated heterocycles. The normalized spacial score (nSPS) is 11.0. The highest BCUT2D eigenvalue weighted by Crippen LogP contribution is 2.34. The lowest BCUT2D eigenvalue weighted by atomic mass is 10.1. The van der Waals surface area contributed by atoms with Crippen LogP contribution in [0.3, 0.4) is 0 Å². The summed E-state index contributed by atoms with van der Waals surface area (Å²) < 4.78 is 0. The minimum Gasteiger partial charge on any atom is -0.311 e. The van der Waals surface area contributed by atoms with Crippen molar-refractivity contribution in [2.75, 3.05) is 4.90 Å². The van der Waals surface area contributed by atoms with Crippen LogP contribution in [-0.2, 0) is 0 Å². The minimum atomic E-state index is 1.02. The average Bonchev–Trinajstić information content (AvgIpc) is 2.77. The molecular formula is C27H24N2. The van der Waals surface area contributed by atoms with Gasteiger partial charge < -0.3 is 4.90 Å². The fourth-order valence-corrected chi connectivity index (χ4v) is 3.31. The highest BCUT2D eigenvalue weighted by Gasteiger charge is 2.11. The molecule has 0 saturated carbocycles. The van der Waals surface area contributed by atoms with Crippen molar-refractivity contribution in [2.24, 2.45) is 4.99 Å². The van der Waals surface area contributed by atoms with E-state index < -0.39 is 0 Å². The van der Waals surface area contributed by atoms with Crippen LogP contribution in [0.4, 0.5) is 22.7 Å². The molecule has 2 heteroatoms. The number of aliphatic imine (C=N–C) groups is 1. The van der Waals surface area contributed by atoms with Gasteiger partial charge in [-0.05, 0) is 73.0 Å². The van der Waals surface area contributed by atoms with Crippen LogP contribution < -0.4 is 4.90 Å². The molecule has 0 spiro atoms. The van der Waals surface area contributed by atoms with Gasteiger partial charge >= 0.3 is 0 Å². The molecule has 0 unspecified atom stereocenters. The number of hydrogen-bond acceptors (Lipinski definition) is 2. The predicted octanol–water partition coefficient (Wildman–Crippen LogP) is 7.52. The average molecular weight is 377 g/mol. The molecule has 0 heterocycles. The predicted molar refractivity (Wildman–Crippen MR) is 124 cm³/mol. The van der Waals surface area contributed by atoms with Crippen molar-refractivity contribution in [3.8, 4) is 0 Å². The fourth-order valence-electron chi connectivity index (χ4n) is 3.31. The number of benzene rings is 4. The summed E-state index contributed by atoms with van der Waals surface area (Å²) in [4.78, 5) is 6.94. The van der Waals surface area contributed by atoms with E-state index in [2.05, 4.69) is 115 Å². The first kappa shape index (κ1) is 18.7. The zero-order valence-corrected chi connectivity index (χ0v) is 16.8. The summed E-state index contributed by atoms with van der Waals surface area (Å²) in [6.45, 7) is 4.18. The maximum Gasteiger partial charge on any atom is 0.0661 e. The molecule has 0 aliphatic rings. The molecule has 0 aromatic heterocycles. The quantitative estimate of drug-likeness (QED) is 0.329. The molecule has 0 radical (unpaired) electrons. The highest BCUT2D eigenvalue weighted by atomic mass is 15.1. The first-order valence-electron chi connectivity index (χ1n) is 9.82. The Morgan fingerprint density at radius 2 is 1.17 bits per heavy atom. The highest BCUT2D eigenvalue weighted by molar-refractivity contribution is 5.84. The van der Waals surface area contributed by atoms with Crippen LogP contribution in [0.1, 0.15) is 16.7 Å². The minimum absolute atomic E-state index is 1.02. The van der Waals surface area contributed by atoms with Crippen LogP contribution in [0.25, 0.3) is 0 Å². The third-order valence-corrected chi connectivity index (χ3v) is 4.90. The number of rotatable bonds is 5. The van der Waals surface area contributed by atoms with E-state index in [-0.39, 0.29) is 0 Å². The number of para-hydroxylation sites is 2. The molecule has 2 nitrogen and oxygen atoms in total. The lowest BCUT2D eigenvalue weighted by Gasteiger charge is -2.25. The van der Waals surface area contributed by atoms with Gasteiger partial charge in [0.25, 0.3) is 0 Å². The van der Waals surface area contributed by atoms with Crippen molar-refractivity contribution < 1.29 is 0 Å². The summed E-state index contributed by atoms with van der Waals surface area (Å²) >= 11 is 0. The second kappa shape index (κ2) is 8.57. The summed E-state index contributed by atoms with van der Waals surface area (Å²) in [5.74, 6) is 0. The molecule has 0 amide bonds. The van der Waals surface area contributed by atoms with Crippen LogP contribution in [0.5, 0.6) is 0 Å². The van der Waals surface area contributed by atoms with Gasteiger partial charge in [0.2, 0.25) is 0 Å². The summed E-state index contributed by atoms with van der Waals surface area (Å²) in [7, 11) is 0. The van der Waals surface area contributed by atoms with Crippen LogP contribution in [-0.4, -0.2) is 6.21 Å². The van der Waals surface area contributed by atoms with E-state index in [0.717, 1.165) is 28.3 Å². The Balaban J connectivity index is 1.64. The lowest BCUT2D eigenvalue weighted by molar-refractivity contribution is 1.28. The monoisotopic (exact) mass is 376 g/mol. The number of aryl methyl sites for hydroxylation is 2. The Morgan fingerprint density at radius 1 is 0.621 bits per heavy atom. The van der Waals surface area contributed by atoms with E-state index in [1.54, 1.807) is 0 Å². The van der Waals surface area contributed by atoms with E-state index in [9.17, 15) is 0 Å². The van der Waals surface area contributed by atoms with Crippen LogP contribution in [0.2, 0.25) is 0 Å². The van der Waals surface area contributed by atoms with Crippen LogP contribution in [0, 0.1) is 13.8 Å². The largest absolute Gasteiger partial charge is 0.311 e. The number of nitrogens with zero attached hydrogens (tertiary/aromatic N) is 2. The molecule has 29 heavy (non-hydrogen) atoms. The van der Waals surface area contributed by atoms with Gasteiger partial charge in [-0.1, -0.05) is 60.7 Å². The summed E-state index contributed by atoms with van der Waals surface area (Å²) in [5, 5.41) is 0. The standard InChI is InChI=1S/C27H24N2/c1-21-13-14-22(2)27(19-21)28-20-23-15-17-26(18-16-23)29(24-9-5-3-6-10-24)25-11-7-4-8-12-25/h3-20H,1-2H3. The van der Waals surface area contributed by atoms with Gasteiger partial charge in [-0.2, -0.15) is 0 Å². The Morgan fingerprint density at radius 3 is 1.76 bits per heavy atom. The van der Waals surface area contributed by atoms with Crippen molar-refractivity contribution in [2.45, 2.75) is 13.8 Å². The molecule has 0 atom stereocenters. The third-order valence-electron chi connectivity index (χ3n) is 4.90. The zero-order valence-electron chi connectivity index (χ0n) is 16.8. The van der Waals surface area contributed by atoms with Crippen molar-refractivity contribution in [1.82, 2.24) is 0 Å². The zero-order chi connectivity index (χ0) is 20.1. The summed E-state index contributed by atoms with van der Waals surface area (Å²) in [6, 6.07) is 35.7. The third kappa shape index (κ3) is 4.44. The fraction of sp³-hybridized carbons (Fsp3) is 0.0741. The molecule has 0 fully saturated rings. The van der Waals surface area contributed by atoms with E-state index in [1.165, 1.54) is 11.1 Å². The van der Waals surface area contributed by atoms with Crippen molar-refractivity contribution >= 4 is 29.0 Å². The Hall–Kier alpha value is -3.65. The molecule has 0 bridgehead atoms.